The molecule has 1 aliphatic heterocycles. The minimum atomic E-state index is -0.442. The van der Waals surface area contributed by atoms with E-state index in [-0.39, 0.29) is 10.1 Å². The molecule has 3 aromatic carbocycles. The topological polar surface area (TPSA) is 111 Å². The Balaban J connectivity index is 1.24. The second-order valence-corrected chi connectivity index (χ2v) is 13.1. The van der Waals surface area contributed by atoms with Crippen LogP contribution in [-0.4, -0.2) is 55.9 Å². The smallest absolute Gasteiger partial charge is 0.285 e. The zero-order valence-electron chi connectivity index (χ0n) is 24.9. The Bertz CT molecular complexity index is 1810. The molecule has 1 fully saturated rings. The number of benzene rings is 3. The molecule has 238 valence electrons. The van der Waals surface area contributed by atoms with Crippen LogP contribution in [0.5, 0.6) is 11.5 Å². The number of methoxy groups -OCH3 is 2. The first-order valence-corrected chi connectivity index (χ1v) is 16.8. The number of ether oxygens (including phenoxy) is 2. The van der Waals surface area contributed by atoms with E-state index in [0.29, 0.717) is 55.8 Å². The average Bonchev–Trinajstić information content (AvgIpc) is 3.56. The van der Waals surface area contributed by atoms with Crippen LogP contribution in [0.25, 0.3) is 6.08 Å². The average molecular weight is 716 g/mol. The summed E-state index contributed by atoms with van der Waals surface area (Å²) in [6.07, 6.45) is 2.13. The maximum absolute atomic E-state index is 13.2. The number of carbonyl (C=O) groups excluding carboxylic acids is 2. The summed E-state index contributed by atoms with van der Waals surface area (Å²) in [5.74, 6) is 0.867. The monoisotopic (exact) mass is 714 g/mol. The van der Waals surface area contributed by atoms with Crippen molar-refractivity contribution in [1.29, 1.82) is 0 Å². The van der Waals surface area contributed by atoms with Gasteiger partial charge in [0.1, 0.15) is 5.82 Å². The molecular weight excluding hydrogens is 687 g/mol. The number of anilines is 2. The summed E-state index contributed by atoms with van der Waals surface area (Å²) >= 11 is 20.5. The summed E-state index contributed by atoms with van der Waals surface area (Å²) in [6, 6.07) is 18.5. The molecule has 4 aromatic rings. The molecular formula is C31H28Cl2N6O4S3. The third kappa shape index (κ3) is 7.45. The molecule has 0 unspecified atom stereocenters. The van der Waals surface area contributed by atoms with E-state index in [4.69, 9.17) is 44.9 Å². The van der Waals surface area contributed by atoms with Crippen LogP contribution in [0.3, 0.4) is 0 Å². The lowest BCUT2D eigenvalue weighted by Gasteiger charge is -2.16. The highest BCUT2D eigenvalue weighted by Gasteiger charge is 2.34. The zero-order valence-corrected chi connectivity index (χ0v) is 28.8. The second kappa shape index (κ2) is 15.2. The van der Waals surface area contributed by atoms with Gasteiger partial charge in [-0.05, 0) is 55.0 Å². The minimum absolute atomic E-state index is 0.0128. The highest BCUT2D eigenvalue weighted by Crippen LogP contribution is 2.37. The number of amides is 2. The summed E-state index contributed by atoms with van der Waals surface area (Å²) < 4.78 is 13.0. The van der Waals surface area contributed by atoms with Gasteiger partial charge < -0.3 is 19.4 Å². The highest BCUT2D eigenvalue weighted by atomic mass is 35.5. The molecule has 0 radical (unpaired) electrons. The Morgan fingerprint density at radius 1 is 1.04 bits per heavy atom. The van der Waals surface area contributed by atoms with Gasteiger partial charge >= 0.3 is 0 Å². The molecule has 0 atom stereocenters. The van der Waals surface area contributed by atoms with E-state index in [1.165, 1.54) is 26.0 Å². The van der Waals surface area contributed by atoms with Crippen molar-refractivity contribution in [1.82, 2.24) is 25.2 Å². The van der Waals surface area contributed by atoms with Crippen LogP contribution in [0, 0.1) is 0 Å². The summed E-state index contributed by atoms with van der Waals surface area (Å²) in [7, 11) is 3.06. The van der Waals surface area contributed by atoms with Gasteiger partial charge in [-0.3, -0.25) is 15.0 Å². The van der Waals surface area contributed by atoms with Gasteiger partial charge in [0.05, 0.1) is 40.6 Å². The molecule has 46 heavy (non-hydrogen) atoms. The maximum Gasteiger partial charge on any atom is 0.285 e. The third-order valence-electron chi connectivity index (χ3n) is 6.78. The van der Waals surface area contributed by atoms with Crippen molar-refractivity contribution < 1.29 is 19.1 Å². The number of thiocarbonyl (C=S) groups is 1. The maximum atomic E-state index is 13.2. The van der Waals surface area contributed by atoms with Crippen molar-refractivity contribution in [2.24, 2.45) is 0 Å². The van der Waals surface area contributed by atoms with Crippen molar-refractivity contribution in [3.8, 4) is 11.5 Å². The van der Waals surface area contributed by atoms with Gasteiger partial charge in [0, 0.05) is 24.2 Å². The molecule has 10 nitrogen and oxygen atoms in total. The largest absolute Gasteiger partial charge is 0.493 e. The van der Waals surface area contributed by atoms with Crippen LogP contribution < -0.4 is 20.2 Å². The van der Waals surface area contributed by atoms with E-state index >= 15 is 0 Å². The minimum Gasteiger partial charge on any atom is -0.493 e. The van der Waals surface area contributed by atoms with Crippen molar-refractivity contribution >= 4 is 92.5 Å². The molecule has 5 rings (SSSR count). The van der Waals surface area contributed by atoms with Crippen molar-refractivity contribution in [2.45, 2.75) is 25.0 Å². The second-order valence-electron chi connectivity index (χ2n) is 9.62. The van der Waals surface area contributed by atoms with Crippen LogP contribution in [0.2, 0.25) is 10.0 Å². The van der Waals surface area contributed by atoms with E-state index in [2.05, 4.69) is 20.9 Å². The van der Waals surface area contributed by atoms with Gasteiger partial charge in [-0.25, -0.2) is 0 Å². The first-order valence-electron chi connectivity index (χ1n) is 13.9. The molecule has 0 spiro atoms. The number of hydrazine groups is 1. The number of nitrogens with one attached hydrogen (secondary N) is 2. The van der Waals surface area contributed by atoms with Crippen LogP contribution in [-0.2, 0) is 22.6 Å². The fourth-order valence-corrected chi connectivity index (χ4v) is 7.09. The highest BCUT2D eigenvalue weighted by molar-refractivity contribution is 8.26. The number of hydrogen-bond acceptors (Lipinski definition) is 10. The molecule has 0 aliphatic carbocycles. The van der Waals surface area contributed by atoms with E-state index in [9.17, 15) is 9.59 Å². The molecule has 2 N–H and O–H groups in total. The van der Waals surface area contributed by atoms with Crippen LogP contribution in [0.15, 0.2) is 70.7 Å². The molecule has 1 saturated heterocycles. The number of nitrogens with zero attached hydrogens (tertiary/aromatic N) is 4. The summed E-state index contributed by atoms with van der Waals surface area (Å²) in [5.41, 5.74) is 5.68. The Labute approximate surface area is 289 Å². The molecule has 2 amide bonds. The van der Waals surface area contributed by atoms with Gasteiger partial charge in [0.15, 0.2) is 21.0 Å². The van der Waals surface area contributed by atoms with Gasteiger partial charge in [0.2, 0.25) is 5.91 Å². The first kappa shape index (κ1) is 33.6. The number of thioether (sulfide) groups is 2. The fraction of sp³-hybridized carbons (Fsp3) is 0.194. The normalized spacial score (nSPS) is 13.8. The number of carbonyl (C=O) groups is 2. The van der Waals surface area contributed by atoms with Crippen molar-refractivity contribution in [3.05, 3.63) is 92.6 Å². The fourth-order valence-electron chi connectivity index (χ4n) is 4.61. The molecule has 0 saturated carbocycles. The quantitative estimate of drug-likeness (QED) is 0.0906. The van der Waals surface area contributed by atoms with Gasteiger partial charge in [-0.2, -0.15) is 5.01 Å². The lowest BCUT2D eigenvalue weighted by Crippen LogP contribution is -2.45. The zero-order chi connectivity index (χ0) is 32.8. The predicted molar refractivity (Wildman–Crippen MR) is 188 cm³/mol. The van der Waals surface area contributed by atoms with Crippen LogP contribution in [0.4, 0.5) is 11.4 Å². The number of aromatic nitrogens is 3. The molecule has 15 heteroatoms. The lowest BCUT2D eigenvalue weighted by molar-refractivity contribution is -0.131. The van der Waals surface area contributed by atoms with E-state index in [1.807, 2.05) is 35.8 Å². The van der Waals surface area contributed by atoms with Gasteiger partial charge in [-0.1, -0.05) is 83.1 Å². The molecule has 2 heterocycles. The van der Waals surface area contributed by atoms with Crippen LogP contribution >= 0.6 is 58.9 Å². The Kier molecular flexibility index (Phi) is 11.1. The van der Waals surface area contributed by atoms with E-state index < -0.39 is 11.8 Å². The Hall–Kier alpha value is -3.75. The van der Waals surface area contributed by atoms with E-state index in [0.717, 1.165) is 33.8 Å². The molecule has 1 aromatic heterocycles. The van der Waals surface area contributed by atoms with Gasteiger partial charge in [0.25, 0.3) is 5.91 Å². The van der Waals surface area contributed by atoms with E-state index in [1.54, 1.807) is 42.5 Å². The predicted octanol–water partition coefficient (Wildman–Crippen LogP) is 6.98. The van der Waals surface area contributed by atoms with Crippen molar-refractivity contribution in [3.63, 3.8) is 0 Å². The van der Waals surface area contributed by atoms with Gasteiger partial charge in [-0.15, -0.1) is 10.2 Å². The number of rotatable bonds is 12. The Morgan fingerprint density at radius 3 is 2.50 bits per heavy atom. The molecule has 0 bridgehead atoms. The summed E-state index contributed by atoms with van der Waals surface area (Å²) in [4.78, 5) is 26.4. The summed E-state index contributed by atoms with van der Waals surface area (Å²) in [6.45, 7) is 2.57. The third-order valence-corrected chi connectivity index (χ3v) is 9.68. The standard InChI is InChI=1S/C31H28Cl2N6O4S3/c1-4-38-25(16-18-9-5-6-13-22(18)34-27-20(32)11-8-12-21(27)33)35-36-30(38)45-17-26(40)37-39-29(41)24(46-31(39)44)15-19-10-7-14-23(42-2)28(19)43-3/h5-15,34H,4,16-17H2,1-3H3,(H,37,40)/b24-15-. The molecule has 1 aliphatic rings. The van der Waals surface area contributed by atoms with Crippen LogP contribution in [0.1, 0.15) is 23.9 Å². The number of hydrogen-bond donors (Lipinski definition) is 2. The lowest BCUT2D eigenvalue weighted by atomic mass is 10.1. The number of para-hydroxylation sites is 3. The first-order chi connectivity index (χ1) is 22.2. The van der Waals surface area contributed by atoms with Crippen molar-refractivity contribution in [2.75, 3.05) is 25.3 Å². The summed E-state index contributed by atoms with van der Waals surface area (Å²) in [5, 5.41) is 14.8. The SMILES string of the molecule is CCn1c(Cc2ccccc2Nc2c(Cl)cccc2Cl)nnc1SCC(=O)NN1C(=O)/C(=C/c2cccc(OC)c2OC)SC1=S. The Morgan fingerprint density at radius 2 is 1.78 bits per heavy atom. The number of halogens is 2.